The molecule has 0 nitrogen and oxygen atoms in total. The van der Waals surface area contributed by atoms with Crippen LogP contribution in [0.4, 0.5) is 8.78 Å². The molecule has 0 N–H and O–H groups in total. The maximum atomic E-state index is 14.4. The number of hydrogen-bond acceptors (Lipinski definition) is 0. The zero-order chi connectivity index (χ0) is 16.7. The van der Waals surface area contributed by atoms with E-state index in [1.54, 1.807) is 12.1 Å². The summed E-state index contributed by atoms with van der Waals surface area (Å²) in [6.07, 6.45) is 14.2. The fourth-order valence-corrected chi connectivity index (χ4v) is 3.18. The van der Waals surface area contributed by atoms with Gasteiger partial charge in [-0.1, -0.05) is 36.4 Å². The summed E-state index contributed by atoms with van der Waals surface area (Å²) in [5.74, 6) is -0.819. The maximum absolute atomic E-state index is 14.4. The SMILES string of the molecule is C=CCCCCc1ccc(C2=CCC(/C=C/C)CC2)c(F)c1F. The third-order valence-electron chi connectivity index (χ3n) is 4.53. The fourth-order valence-electron chi connectivity index (χ4n) is 3.18. The highest BCUT2D eigenvalue weighted by molar-refractivity contribution is 5.67. The number of aryl methyl sites for hydroxylation is 1. The molecule has 2 heteroatoms. The molecular formula is C21H26F2. The highest BCUT2D eigenvalue weighted by Crippen LogP contribution is 2.33. The molecule has 1 aliphatic rings. The Bertz CT molecular complexity index is 596. The summed E-state index contributed by atoms with van der Waals surface area (Å²) in [6, 6.07) is 3.50. The summed E-state index contributed by atoms with van der Waals surface area (Å²) >= 11 is 0. The second-order valence-corrected chi connectivity index (χ2v) is 6.22. The highest BCUT2D eigenvalue weighted by Gasteiger charge is 2.19. The van der Waals surface area contributed by atoms with Crippen LogP contribution in [-0.4, -0.2) is 0 Å². The minimum Gasteiger partial charge on any atom is -0.203 e. The van der Waals surface area contributed by atoms with Crippen molar-refractivity contribution in [2.75, 3.05) is 0 Å². The Balaban J connectivity index is 2.09. The van der Waals surface area contributed by atoms with Gasteiger partial charge in [-0.25, -0.2) is 8.78 Å². The van der Waals surface area contributed by atoms with Crippen LogP contribution in [0.1, 0.15) is 56.6 Å². The van der Waals surface area contributed by atoms with Gasteiger partial charge in [-0.15, -0.1) is 6.58 Å². The average molecular weight is 316 g/mol. The van der Waals surface area contributed by atoms with Gasteiger partial charge in [-0.2, -0.15) is 0 Å². The Morgan fingerprint density at radius 3 is 2.70 bits per heavy atom. The molecule has 0 amide bonds. The Hall–Kier alpha value is -1.70. The van der Waals surface area contributed by atoms with Crippen molar-refractivity contribution in [3.8, 4) is 0 Å². The number of hydrogen-bond donors (Lipinski definition) is 0. The molecular weight excluding hydrogens is 290 g/mol. The third-order valence-corrected chi connectivity index (χ3v) is 4.53. The minimum atomic E-state index is -0.679. The number of rotatable bonds is 7. The first-order chi connectivity index (χ1) is 11.2. The summed E-state index contributed by atoms with van der Waals surface area (Å²) in [7, 11) is 0. The van der Waals surface area contributed by atoms with E-state index in [-0.39, 0.29) is 0 Å². The smallest absolute Gasteiger partial charge is 0.166 e. The van der Waals surface area contributed by atoms with Crippen molar-refractivity contribution in [2.24, 2.45) is 5.92 Å². The van der Waals surface area contributed by atoms with Gasteiger partial charge in [-0.05, 0) is 68.9 Å². The van der Waals surface area contributed by atoms with Gasteiger partial charge in [-0.3, -0.25) is 0 Å². The molecule has 0 saturated heterocycles. The van der Waals surface area contributed by atoms with Crippen LogP contribution in [0.5, 0.6) is 0 Å². The molecule has 0 aromatic heterocycles. The Kier molecular flexibility index (Phi) is 6.76. The molecule has 0 aliphatic heterocycles. The Morgan fingerprint density at radius 2 is 2.04 bits per heavy atom. The molecule has 1 aromatic carbocycles. The summed E-state index contributed by atoms with van der Waals surface area (Å²) in [4.78, 5) is 0. The molecule has 1 aliphatic carbocycles. The van der Waals surface area contributed by atoms with Gasteiger partial charge >= 0.3 is 0 Å². The van der Waals surface area contributed by atoms with Crippen molar-refractivity contribution in [1.29, 1.82) is 0 Å². The molecule has 1 aromatic rings. The van der Waals surface area contributed by atoms with Crippen LogP contribution in [0.25, 0.3) is 5.57 Å². The highest BCUT2D eigenvalue weighted by atomic mass is 19.2. The monoisotopic (exact) mass is 316 g/mol. The topological polar surface area (TPSA) is 0 Å². The molecule has 2 rings (SSSR count). The molecule has 0 fully saturated rings. The van der Waals surface area contributed by atoms with E-state index >= 15 is 0 Å². The van der Waals surface area contributed by atoms with Gasteiger partial charge in [0.2, 0.25) is 0 Å². The molecule has 0 radical (unpaired) electrons. The minimum absolute atomic E-state index is 0.441. The quantitative estimate of drug-likeness (QED) is 0.391. The molecule has 0 bridgehead atoms. The van der Waals surface area contributed by atoms with Gasteiger partial charge in [0.05, 0.1) is 0 Å². The average Bonchev–Trinajstić information content (AvgIpc) is 2.57. The van der Waals surface area contributed by atoms with Crippen LogP contribution in [0.15, 0.2) is 43.0 Å². The second-order valence-electron chi connectivity index (χ2n) is 6.22. The first kappa shape index (κ1) is 17.7. The van der Waals surface area contributed by atoms with Crippen LogP contribution < -0.4 is 0 Å². The number of halogens is 2. The van der Waals surface area contributed by atoms with Gasteiger partial charge in [0.1, 0.15) is 0 Å². The summed E-state index contributed by atoms with van der Waals surface area (Å²) in [5, 5.41) is 0. The second kappa shape index (κ2) is 8.81. The molecule has 1 unspecified atom stereocenters. The van der Waals surface area contributed by atoms with E-state index in [2.05, 4.69) is 24.8 Å². The van der Waals surface area contributed by atoms with E-state index in [4.69, 9.17) is 0 Å². The zero-order valence-corrected chi connectivity index (χ0v) is 14.0. The summed E-state index contributed by atoms with van der Waals surface area (Å²) in [5.41, 5.74) is 1.87. The molecule has 124 valence electrons. The van der Waals surface area contributed by atoms with Crippen molar-refractivity contribution >= 4 is 5.57 Å². The van der Waals surface area contributed by atoms with Gasteiger partial charge in [0, 0.05) is 5.56 Å². The normalized spacial score (nSPS) is 18.2. The van der Waals surface area contributed by atoms with Crippen LogP contribution in [-0.2, 0) is 6.42 Å². The van der Waals surface area contributed by atoms with Crippen molar-refractivity contribution in [3.63, 3.8) is 0 Å². The first-order valence-electron chi connectivity index (χ1n) is 8.57. The molecule has 0 spiro atoms. The maximum Gasteiger partial charge on any atom is 0.166 e. The van der Waals surface area contributed by atoms with E-state index in [9.17, 15) is 8.78 Å². The molecule has 0 saturated carbocycles. The number of unbranched alkanes of at least 4 members (excludes halogenated alkanes) is 2. The Labute approximate surface area is 138 Å². The van der Waals surface area contributed by atoms with E-state index < -0.39 is 11.6 Å². The lowest BCUT2D eigenvalue weighted by molar-refractivity contribution is 0.492. The van der Waals surface area contributed by atoms with Crippen molar-refractivity contribution < 1.29 is 8.78 Å². The lowest BCUT2D eigenvalue weighted by atomic mass is 9.86. The fraction of sp³-hybridized carbons (Fsp3) is 0.429. The van der Waals surface area contributed by atoms with Gasteiger partial charge in [0.15, 0.2) is 11.6 Å². The largest absolute Gasteiger partial charge is 0.203 e. The van der Waals surface area contributed by atoms with E-state index in [0.29, 0.717) is 23.5 Å². The van der Waals surface area contributed by atoms with E-state index in [0.717, 1.165) is 44.1 Å². The van der Waals surface area contributed by atoms with Gasteiger partial charge < -0.3 is 0 Å². The van der Waals surface area contributed by atoms with Crippen molar-refractivity contribution in [2.45, 2.75) is 51.9 Å². The number of allylic oxidation sites excluding steroid dienone is 5. The molecule has 23 heavy (non-hydrogen) atoms. The van der Waals surface area contributed by atoms with Crippen LogP contribution in [0, 0.1) is 17.6 Å². The van der Waals surface area contributed by atoms with E-state index in [1.807, 2.05) is 13.0 Å². The van der Waals surface area contributed by atoms with Crippen LogP contribution >= 0.6 is 0 Å². The lowest BCUT2D eigenvalue weighted by Gasteiger charge is -2.20. The zero-order valence-electron chi connectivity index (χ0n) is 14.0. The lowest BCUT2D eigenvalue weighted by Crippen LogP contribution is -2.05. The van der Waals surface area contributed by atoms with E-state index in [1.165, 1.54) is 0 Å². The number of benzene rings is 1. The Morgan fingerprint density at radius 1 is 1.22 bits per heavy atom. The van der Waals surface area contributed by atoms with Crippen molar-refractivity contribution in [3.05, 3.63) is 65.8 Å². The predicted octanol–water partition coefficient (Wildman–Crippen LogP) is 6.62. The van der Waals surface area contributed by atoms with Crippen LogP contribution in [0.3, 0.4) is 0 Å². The molecule has 1 atom stereocenters. The van der Waals surface area contributed by atoms with Gasteiger partial charge in [0.25, 0.3) is 0 Å². The molecule has 0 heterocycles. The third kappa shape index (κ3) is 4.63. The standard InChI is InChI=1S/C21H26F2/c1-3-5-6-7-9-18-14-15-19(21(23)20(18)22)17-12-10-16(8-4-2)11-13-17/h3-4,8,12,14-16H,1,5-7,9-11,13H2,2H3/b8-4+. The predicted molar refractivity (Wildman–Crippen MR) is 94.2 cm³/mol. The van der Waals surface area contributed by atoms with Crippen LogP contribution in [0.2, 0.25) is 0 Å². The first-order valence-corrected chi connectivity index (χ1v) is 8.57. The van der Waals surface area contributed by atoms with Crippen molar-refractivity contribution in [1.82, 2.24) is 0 Å². The summed E-state index contributed by atoms with van der Waals surface area (Å²) in [6.45, 7) is 5.69. The summed E-state index contributed by atoms with van der Waals surface area (Å²) < 4.78 is 28.7.